The standard InChI is InChI=1S/C74H123NO18/c1-3-5-7-9-11-13-15-17-19-21-22-23-24-25-26-27-28-29-30-31-32-33-34-36-38-40-42-44-46-48-50-52-62(80)75-57(58(79)51-49-47-45-43-41-39-37-35-20-18-16-14-12-10-8-6-4-2)56-88-72-68(86)65(83)70(60(54-77)90-72)93-74-69(87)66(84)71(61(55-78)91-74)92-73-67(85)64(82)63(81)59(53-76)89-73/h5,7,11,13,17,19,22-23,25-26,28-29,31-32,34,36,40,42,49,51,57-61,63-74,76-79,81-87H,3-4,6,8-10,12,14-16,18,20-21,24,27,30,33,35,37-39,41,43-48,50,52-56H2,1-2H3,(H,75,80)/b7-5-,13-11-,19-17-,23-22-,26-25-,29-28-,32-31-,36-34-,42-40-,51-49+. The molecule has 532 valence electrons. The molecule has 1 amide bonds. The number of ether oxygens (including phenoxy) is 6. The average molecular weight is 1310 g/mol. The fourth-order valence-electron chi connectivity index (χ4n) is 11.1. The normalized spacial score (nSPS) is 28.3. The number of aliphatic hydroxyl groups excluding tert-OH is 11. The number of unbranched alkanes of at least 4 members (excludes halogenated alkanes) is 18. The summed E-state index contributed by atoms with van der Waals surface area (Å²) in [5.74, 6) is -0.312. The highest BCUT2D eigenvalue weighted by Crippen LogP contribution is 2.33. The highest BCUT2D eigenvalue weighted by molar-refractivity contribution is 5.76. The lowest BCUT2D eigenvalue weighted by atomic mass is 9.96. The first-order valence-electron chi connectivity index (χ1n) is 35.3. The Morgan fingerprint density at radius 2 is 0.742 bits per heavy atom. The fraction of sp³-hybridized carbons (Fsp3) is 0.716. The third-order valence-corrected chi connectivity index (χ3v) is 16.8. The van der Waals surface area contributed by atoms with Gasteiger partial charge in [0.2, 0.25) is 5.91 Å². The Bertz CT molecular complexity index is 2160. The lowest BCUT2D eigenvalue weighted by Crippen LogP contribution is -2.66. The van der Waals surface area contributed by atoms with Gasteiger partial charge in [0.05, 0.1) is 38.6 Å². The lowest BCUT2D eigenvalue weighted by Gasteiger charge is -2.48. The molecular formula is C74H123NO18. The first-order valence-corrected chi connectivity index (χ1v) is 35.3. The number of carbonyl (C=O) groups excluding carboxylic acids is 1. The molecule has 0 radical (unpaired) electrons. The Labute approximate surface area is 557 Å². The number of hydrogen-bond acceptors (Lipinski definition) is 18. The van der Waals surface area contributed by atoms with Crippen molar-refractivity contribution in [2.45, 2.75) is 311 Å². The van der Waals surface area contributed by atoms with Crippen molar-refractivity contribution in [3.63, 3.8) is 0 Å². The van der Waals surface area contributed by atoms with E-state index in [-0.39, 0.29) is 18.9 Å². The molecule has 19 nitrogen and oxygen atoms in total. The van der Waals surface area contributed by atoms with E-state index in [1.54, 1.807) is 6.08 Å². The van der Waals surface area contributed by atoms with Crippen LogP contribution in [0.15, 0.2) is 122 Å². The largest absolute Gasteiger partial charge is 0.394 e. The maximum atomic E-state index is 13.4. The summed E-state index contributed by atoms with van der Waals surface area (Å²) in [4.78, 5) is 13.4. The van der Waals surface area contributed by atoms with Crippen molar-refractivity contribution in [3.8, 4) is 0 Å². The van der Waals surface area contributed by atoms with E-state index < -0.39 is 124 Å². The molecule has 3 saturated heterocycles. The number of carbonyl (C=O) groups is 1. The Balaban J connectivity index is 1.44. The van der Waals surface area contributed by atoms with E-state index in [2.05, 4.69) is 129 Å². The zero-order chi connectivity index (χ0) is 67.5. The number of allylic oxidation sites excluding steroid dienone is 19. The van der Waals surface area contributed by atoms with Crippen LogP contribution in [0.1, 0.15) is 206 Å². The van der Waals surface area contributed by atoms with Crippen LogP contribution >= 0.6 is 0 Å². The van der Waals surface area contributed by atoms with E-state index in [0.717, 1.165) is 103 Å². The SMILES string of the molecule is CC/C=C\C/C=C\C/C=C\C/C=C\C/C=C\C/C=C\C/C=C\C/C=C\C/C=C\CCCCCC(=O)NC(COC1OC(CO)C(OC2OC(CO)C(OC3OC(CO)C(O)C(O)C3O)C(O)C2O)C(O)C1O)C(O)/C=C/CCCCCCCCCCCCCCCCC. The molecule has 0 aliphatic carbocycles. The Morgan fingerprint density at radius 3 is 1.16 bits per heavy atom. The molecule has 3 aliphatic rings. The van der Waals surface area contributed by atoms with Gasteiger partial charge in [0.15, 0.2) is 18.9 Å². The van der Waals surface area contributed by atoms with Crippen molar-refractivity contribution < 1.29 is 89.4 Å². The molecule has 0 saturated carbocycles. The van der Waals surface area contributed by atoms with Crippen molar-refractivity contribution in [2.24, 2.45) is 0 Å². The van der Waals surface area contributed by atoms with Gasteiger partial charge in [0, 0.05) is 6.42 Å². The second kappa shape index (κ2) is 54.2. The number of nitrogens with one attached hydrogen (secondary N) is 1. The Kier molecular flexibility index (Phi) is 48.6. The minimum Gasteiger partial charge on any atom is -0.394 e. The van der Waals surface area contributed by atoms with Crippen molar-refractivity contribution in [3.05, 3.63) is 122 Å². The molecule has 0 aromatic carbocycles. The Hall–Kier alpha value is -3.81. The van der Waals surface area contributed by atoms with Gasteiger partial charge in [0.1, 0.15) is 73.2 Å². The highest BCUT2D eigenvalue weighted by Gasteiger charge is 2.53. The maximum Gasteiger partial charge on any atom is 0.220 e. The molecule has 17 unspecified atom stereocenters. The summed E-state index contributed by atoms with van der Waals surface area (Å²) in [6.07, 6.45) is 47.4. The molecular weight excluding hydrogens is 1190 g/mol. The van der Waals surface area contributed by atoms with Gasteiger partial charge in [-0.2, -0.15) is 0 Å². The molecule has 3 rings (SSSR count). The molecule has 17 atom stereocenters. The minimum atomic E-state index is -1.99. The van der Waals surface area contributed by atoms with Gasteiger partial charge in [-0.15, -0.1) is 0 Å². The van der Waals surface area contributed by atoms with Crippen LogP contribution in [0.2, 0.25) is 0 Å². The predicted octanol–water partition coefficient (Wildman–Crippen LogP) is 9.60. The van der Waals surface area contributed by atoms with Gasteiger partial charge in [-0.1, -0.05) is 232 Å². The van der Waals surface area contributed by atoms with Gasteiger partial charge in [0.25, 0.3) is 0 Å². The monoisotopic (exact) mass is 1310 g/mol. The summed E-state index contributed by atoms with van der Waals surface area (Å²) in [5, 5.41) is 120. The van der Waals surface area contributed by atoms with Crippen molar-refractivity contribution in [1.29, 1.82) is 0 Å². The summed E-state index contributed by atoms with van der Waals surface area (Å²) in [5.41, 5.74) is 0. The molecule has 19 heteroatoms. The van der Waals surface area contributed by atoms with Crippen molar-refractivity contribution >= 4 is 5.91 Å². The number of rotatable bonds is 52. The van der Waals surface area contributed by atoms with Gasteiger partial charge >= 0.3 is 0 Å². The van der Waals surface area contributed by atoms with Crippen LogP contribution in [-0.4, -0.2) is 193 Å². The van der Waals surface area contributed by atoms with Crippen LogP contribution in [0.4, 0.5) is 0 Å². The highest BCUT2D eigenvalue weighted by atomic mass is 16.8. The van der Waals surface area contributed by atoms with Crippen molar-refractivity contribution in [1.82, 2.24) is 5.32 Å². The van der Waals surface area contributed by atoms with Gasteiger partial charge in [-0.3, -0.25) is 4.79 Å². The van der Waals surface area contributed by atoms with E-state index >= 15 is 0 Å². The van der Waals surface area contributed by atoms with E-state index in [1.807, 2.05) is 6.08 Å². The summed E-state index contributed by atoms with van der Waals surface area (Å²) in [6.45, 7) is 1.58. The van der Waals surface area contributed by atoms with E-state index in [9.17, 15) is 61.0 Å². The minimum absolute atomic E-state index is 0.195. The van der Waals surface area contributed by atoms with Crippen LogP contribution < -0.4 is 5.32 Å². The van der Waals surface area contributed by atoms with Gasteiger partial charge < -0.3 is 89.9 Å². The van der Waals surface area contributed by atoms with Crippen LogP contribution in [0.3, 0.4) is 0 Å². The molecule has 3 heterocycles. The topological polar surface area (TPSA) is 307 Å². The maximum absolute atomic E-state index is 13.4. The molecule has 3 fully saturated rings. The third kappa shape index (κ3) is 35.8. The second-order valence-electron chi connectivity index (χ2n) is 24.6. The summed E-state index contributed by atoms with van der Waals surface area (Å²) >= 11 is 0. The second-order valence-corrected chi connectivity index (χ2v) is 24.6. The lowest BCUT2D eigenvalue weighted by molar-refractivity contribution is -0.379. The smallest absolute Gasteiger partial charge is 0.220 e. The van der Waals surface area contributed by atoms with Crippen LogP contribution in [-0.2, 0) is 33.2 Å². The Morgan fingerprint density at radius 1 is 0.398 bits per heavy atom. The third-order valence-electron chi connectivity index (χ3n) is 16.8. The molecule has 93 heavy (non-hydrogen) atoms. The van der Waals surface area contributed by atoms with Crippen LogP contribution in [0, 0.1) is 0 Å². The quantitative estimate of drug-likeness (QED) is 0.0199. The first-order chi connectivity index (χ1) is 45.3. The van der Waals surface area contributed by atoms with Gasteiger partial charge in [-0.25, -0.2) is 0 Å². The number of amides is 1. The van der Waals surface area contributed by atoms with Gasteiger partial charge in [-0.05, 0) is 89.9 Å². The molecule has 0 aromatic heterocycles. The summed E-state index contributed by atoms with van der Waals surface area (Å²) in [7, 11) is 0. The molecule has 12 N–H and O–H groups in total. The van der Waals surface area contributed by atoms with Crippen LogP contribution in [0.25, 0.3) is 0 Å². The zero-order valence-corrected chi connectivity index (χ0v) is 56.2. The van der Waals surface area contributed by atoms with E-state index in [1.165, 1.54) is 77.0 Å². The summed E-state index contributed by atoms with van der Waals surface area (Å²) in [6, 6.07) is -1.00. The molecule has 0 aromatic rings. The number of aliphatic hydroxyl groups is 11. The fourth-order valence-corrected chi connectivity index (χ4v) is 11.1. The van der Waals surface area contributed by atoms with Crippen LogP contribution in [0.5, 0.6) is 0 Å². The molecule has 3 aliphatic heterocycles. The molecule has 0 spiro atoms. The number of hydrogen-bond donors (Lipinski definition) is 12. The predicted molar refractivity (Wildman–Crippen MR) is 364 cm³/mol. The summed E-state index contributed by atoms with van der Waals surface area (Å²) < 4.78 is 34.3. The molecule has 0 bridgehead atoms. The first kappa shape index (κ1) is 83.4. The van der Waals surface area contributed by atoms with E-state index in [0.29, 0.717) is 6.42 Å². The zero-order valence-electron chi connectivity index (χ0n) is 56.2. The van der Waals surface area contributed by atoms with E-state index in [4.69, 9.17) is 28.4 Å². The average Bonchev–Trinajstić information content (AvgIpc) is 0.900. The van der Waals surface area contributed by atoms with Crippen molar-refractivity contribution in [2.75, 3.05) is 26.4 Å².